The third-order valence-electron chi connectivity index (χ3n) is 1.30. The van der Waals surface area contributed by atoms with E-state index in [1.54, 1.807) is 0 Å². The van der Waals surface area contributed by atoms with Crippen molar-refractivity contribution >= 4 is 28.5 Å². The van der Waals surface area contributed by atoms with Crippen LogP contribution >= 0.6 is 11.3 Å². The normalized spacial score (nSPS) is 11.8. The molecule has 0 saturated carbocycles. The second-order valence-corrected chi connectivity index (χ2v) is 3.24. The highest BCUT2D eigenvalue weighted by molar-refractivity contribution is 7.13. The number of carbonyl (C=O) groups is 2. The number of aliphatic carboxylic acids is 1. The molecule has 76 valence electrons. The van der Waals surface area contributed by atoms with Crippen LogP contribution in [-0.2, 0) is 4.79 Å². The topological polar surface area (TPSA) is 104 Å². The largest absolute Gasteiger partial charge is 0.480 e. The molecule has 1 rings (SSSR count). The number of hydrogen-bond donors (Lipinski definition) is 3. The molecule has 0 aliphatic rings. The summed E-state index contributed by atoms with van der Waals surface area (Å²) in [6.45, 7) is 1.36. The summed E-state index contributed by atoms with van der Waals surface area (Å²) in [5.74, 6) is -1.10. The number of anilines is 1. The molecule has 0 unspecified atom stereocenters. The molecule has 14 heavy (non-hydrogen) atoms. The first-order valence-electron chi connectivity index (χ1n) is 3.66. The van der Waals surface area contributed by atoms with Crippen molar-refractivity contribution in [1.82, 2.24) is 15.5 Å². The molecule has 0 bridgehead atoms. The van der Waals surface area contributed by atoms with Crippen molar-refractivity contribution in [2.24, 2.45) is 0 Å². The molecule has 0 aromatic carbocycles. The van der Waals surface area contributed by atoms with Crippen LogP contribution in [0, 0.1) is 0 Å². The van der Waals surface area contributed by atoms with E-state index in [4.69, 9.17) is 5.11 Å². The lowest BCUT2D eigenvalue weighted by Crippen LogP contribution is -2.40. The van der Waals surface area contributed by atoms with Gasteiger partial charge >= 0.3 is 12.0 Å². The lowest BCUT2D eigenvalue weighted by atomic mass is 10.3. The summed E-state index contributed by atoms with van der Waals surface area (Å²) in [6, 6.07) is -1.56. The van der Waals surface area contributed by atoms with Crippen LogP contribution in [0.15, 0.2) is 5.51 Å². The second-order valence-electron chi connectivity index (χ2n) is 2.40. The number of urea groups is 1. The Morgan fingerprint density at radius 3 is 2.86 bits per heavy atom. The van der Waals surface area contributed by atoms with Crippen LogP contribution in [0.1, 0.15) is 6.92 Å². The number of nitrogens with zero attached hydrogens (tertiary/aromatic N) is 2. The Hall–Kier alpha value is -1.70. The van der Waals surface area contributed by atoms with Gasteiger partial charge in [0.15, 0.2) is 0 Å². The fourth-order valence-corrected chi connectivity index (χ4v) is 1.06. The molecule has 0 saturated heterocycles. The Morgan fingerprint density at radius 2 is 2.36 bits per heavy atom. The number of carboxylic acids is 1. The van der Waals surface area contributed by atoms with Gasteiger partial charge in [0.2, 0.25) is 5.13 Å². The van der Waals surface area contributed by atoms with Crippen LogP contribution in [0.3, 0.4) is 0 Å². The molecule has 0 radical (unpaired) electrons. The van der Waals surface area contributed by atoms with Crippen molar-refractivity contribution in [1.29, 1.82) is 0 Å². The zero-order valence-corrected chi connectivity index (χ0v) is 8.04. The van der Waals surface area contributed by atoms with E-state index in [1.807, 2.05) is 0 Å². The lowest BCUT2D eigenvalue weighted by molar-refractivity contribution is -0.138. The lowest BCUT2D eigenvalue weighted by Gasteiger charge is -2.08. The van der Waals surface area contributed by atoms with Crippen molar-refractivity contribution in [2.75, 3.05) is 5.32 Å². The molecular weight excluding hydrogens is 208 g/mol. The number of rotatable bonds is 3. The van der Waals surface area contributed by atoms with Gasteiger partial charge in [-0.2, -0.15) is 0 Å². The van der Waals surface area contributed by atoms with E-state index < -0.39 is 18.0 Å². The average Bonchev–Trinajstić information content (AvgIpc) is 2.56. The van der Waals surface area contributed by atoms with E-state index >= 15 is 0 Å². The van der Waals surface area contributed by atoms with Gasteiger partial charge in [-0.25, -0.2) is 4.79 Å². The van der Waals surface area contributed by atoms with Crippen LogP contribution in [0.25, 0.3) is 0 Å². The molecule has 0 aliphatic heterocycles. The maximum absolute atomic E-state index is 11.1. The molecule has 0 fully saturated rings. The number of carbonyl (C=O) groups excluding carboxylic acids is 1. The van der Waals surface area contributed by atoms with Gasteiger partial charge < -0.3 is 10.4 Å². The van der Waals surface area contributed by atoms with Gasteiger partial charge in [-0.15, -0.1) is 10.2 Å². The van der Waals surface area contributed by atoms with Crippen LogP contribution < -0.4 is 10.6 Å². The van der Waals surface area contributed by atoms with E-state index in [-0.39, 0.29) is 0 Å². The first-order chi connectivity index (χ1) is 6.59. The second kappa shape index (κ2) is 4.51. The average molecular weight is 216 g/mol. The summed E-state index contributed by atoms with van der Waals surface area (Å²) in [5, 5.41) is 20.4. The van der Waals surface area contributed by atoms with Crippen molar-refractivity contribution in [2.45, 2.75) is 13.0 Å². The minimum Gasteiger partial charge on any atom is -0.480 e. The zero-order valence-electron chi connectivity index (χ0n) is 7.22. The molecule has 0 aliphatic carbocycles. The quantitative estimate of drug-likeness (QED) is 0.666. The highest BCUT2D eigenvalue weighted by Gasteiger charge is 2.14. The third-order valence-corrected chi connectivity index (χ3v) is 1.91. The Kier molecular flexibility index (Phi) is 3.35. The third kappa shape index (κ3) is 2.98. The van der Waals surface area contributed by atoms with E-state index in [1.165, 1.54) is 12.4 Å². The van der Waals surface area contributed by atoms with Gasteiger partial charge in [-0.1, -0.05) is 11.3 Å². The van der Waals surface area contributed by atoms with E-state index in [0.717, 1.165) is 11.3 Å². The number of nitrogens with one attached hydrogen (secondary N) is 2. The smallest absolute Gasteiger partial charge is 0.325 e. The maximum atomic E-state index is 11.1. The Labute approximate surface area is 83.2 Å². The van der Waals surface area contributed by atoms with E-state index in [9.17, 15) is 9.59 Å². The number of carboxylic acid groups (broad SMARTS) is 1. The SMILES string of the molecule is C[C@H](NC(=O)Nc1nncs1)C(=O)O. The van der Waals surface area contributed by atoms with Gasteiger partial charge in [0.25, 0.3) is 0 Å². The Bertz CT molecular complexity index is 326. The number of aromatic nitrogens is 2. The summed E-state index contributed by atoms with van der Waals surface area (Å²) in [5.41, 5.74) is 1.45. The fourth-order valence-electron chi connectivity index (χ4n) is 0.619. The predicted octanol–water partition coefficient (Wildman–Crippen LogP) is 0.133. The van der Waals surface area contributed by atoms with Crippen molar-refractivity contribution in [3.8, 4) is 0 Å². The monoisotopic (exact) mass is 216 g/mol. The van der Waals surface area contributed by atoms with Crippen molar-refractivity contribution < 1.29 is 14.7 Å². The summed E-state index contributed by atoms with van der Waals surface area (Å²) >= 11 is 1.15. The molecule has 2 amide bonds. The van der Waals surface area contributed by atoms with E-state index in [0.29, 0.717) is 5.13 Å². The van der Waals surface area contributed by atoms with Crippen LogP contribution in [0.2, 0.25) is 0 Å². The standard InChI is InChI=1S/C6H8N4O3S/c1-3(4(11)12)8-5(13)9-6-10-7-2-14-6/h2-3H,1H3,(H,11,12)(H2,8,9,10,13)/t3-/m0/s1. The zero-order chi connectivity index (χ0) is 10.6. The Balaban J connectivity index is 2.40. The van der Waals surface area contributed by atoms with Gasteiger partial charge in [0.05, 0.1) is 0 Å². The maximum Gasteiger partial charge on any atom is 0.325 e. The molecule has 1 aromatic heterocycles. The molecule has 7 nitrogen and oxygen atoms in total. The summed E-state index contributed by atoms with van der Waals surface area (Å²) in [6.07, 6.45) is 0. The molecule has 8 heteroatoms. The molecule has 1 heterocycles. The first kappa shape index (κ1) is 10.4. The van der Waals surface area contributed by atoms with Crippen LogP contribution in [0.5, 0.6) is 0 Å². The molecule has 1 atom stereocenters. The highest BCUT2D eigenvalue weighted by Crippen LogP contribution is 2.06. The van der Waals surface area contributed by atoms with Crippen molar-refractivity contribution in [3.63, 3.8) is 0 Å². The minimum atomic E-state index is -1.10. The Morgan fingerprint density at radius 1 is 1.64 bits per heavy atom. The van der Waals surface area contributed by atoms with Crippen molar-refractivity contribution in [3.05, 3.63) is 5.51 Å². The number of hydrogen-bond acceptors (Lipinski definition) is 5. The van der Waals surface area contributed by atoms with Crippen LogP contribution in [-0.4, -0.2) is 33.3 Å². The summed E-state index contributed by atoms with van der Waals surface area (Å²) < 4.78 is 0. The fraction of sp³-hybridized carbons (Fsp3) is 0.333. The minimum absolute atomic E-state index is 0.320. The van der Waals surface area contributed by atoms with Gasteiger partial charge in [-0.05, 0) is 6.92 Å². The highest BCUT2D eigenvalue weighted by atomic mass is 32.1. The summed E-state index contributed by atoms with van der Waals surface area (Å²) in [7, 11) is 0. The van der Waals surface area contributed by atoms with Gasteiger partial charge in [0, 0.05) is 0 Å². The van der Waals surface area contributed by atoms with E-state index in [2.05, 4.69) is 20.8 Å². The molecule has 3 N–H and O–H groups in total. The summed E-state index contributed by atoms with van der Waals surface area (Å²) in [4.78, 5) is 21.4. The van der Waals surface area contributed by atoms with Crippen LogP contribution in [0.4, 0.5) is 9.93 Å². The van der Waals surface area contributed by atoms with Gasteiger partial charge in [-0.3, -0.25) is 10.1 Å². The number of amides is 2. The molecule has 0 spiro atoms. The molecular formula is C6H8N4O3S. The molecule has 1 aromatic rings. The predicted molar refractivity (Wildman–Crippen MR) is 49.2 cm³/mol. The van der Waals surface area contributed by atoms with Gasteiger partial charge in [0.1, 0.15) is 11.6 Å². The first-order valence-corrected chi connectivity index (χ1v) is 4.54.